The number of fused-ring (bicyclic) bond motifs is 1. The molecule has 0 aliphatic carbocycles. The molecule has 0 saturated heterocycles. The smallest absolute Gasteiger partial charge is 0.266 e. The molecule has 1 aliphatic rings. The SMILES string of the molecule is O=S1(=O)c2[nH]ncc2CN1c1ccccc1. The van der Waals surface area contributed by atoms with Crippen LogP contribution in [0.1, 0.15) is 5.56 Å². The fraction of sp³-hybridized carbons (Fsp3) is 0.100. The molecule has 2 heterocycles. The van der Waals surface area contributed by atoms with Gasteiger partial charge in [-0.2, -0.15) is 13.5 Å². The minimum atomic E-state index is -3.44. The number of nitrogens with one attached hydrogen (secondary N) is 1. The number of aromatic nitrogens is 2. The molecule has 16 heavy (non-hydrogen) atoms. The Morgan fingerprint density at radius 3 is 2.69 bits per heavy atom. The van der Waals surface area contributed by atoms with Gasteiger partial charge in [0.15, 0.2) is 5.03 Å². The maximum atomic E-state index is 12.1. The molecular weight excluding hydrogens is 226 g/mol. The summed E-state index contributed by atoms with van der Waals surface area (Å²) in [5, 5.41) is 6.47. The molecule has 2 aromatic rings. The molecular formula is C10H9N3O2S. The van der Waals surface area contributed by atoms with Crippen LogP contribution in [0.5, 0.6) is 0 Å². The Morgan fingerprint density at radius 1 is 1.25 bits per heavy atom. The number of para-hydroxylation sites is 1. The van der Waals surface area contributed by atoms with Crippen molar-refractivity contribution in [3.8, 4) is 0 Å². The van der Waals surface area contributed by atoms with Gasteiger partial charge in [0.2, 0.25) is 0 Å². The molecule has 0 atom stereocenters. The normalized spacial score (nSPS) is 17.4. The Kier molecular flexibility index (Phi) is 1.81. The molecule has 0 unspecified atom stereocenters. The van der Waals surface area contributed by atoms with Gasteiger partial charge in [-0.3, -0.25) is 9.40 Å². The van der Waals surface area contributed by atoms with E-state index >= 15 is 0 Å². The van der Waals surface area contributed by atoms with E-state index in [9.17, 15) is 8.42 Å². The average molecular weight is 235 g/mol. The molecule has 0 radical (unpaired) electrons. The zero-order chi connectivity index (χ0) is 11.2. The summed E-state index contributed by atoms with van der Waals surface area (Å²) in [5.74, 6) is 0. The van der Waals surface area contributed by atoms with Gasteiger partial charge in [0.05, 0.1) is 18.4 Å². The number of rotatable bonds is 1. The highest BCUT2D eigenvalue weighted by molar-refractivity contribution is 7.93. The van der Waals surface area contributed by atoms with Gasteiger partial charge < -0.3 is 0 Å². The summed E-state index contributed by atoms with van der Waals surface area (Å²) >= 11 is 0. The van der Waals surface area contributed by atoms with Crippen LogP contribution >= 0.6 is 0 Å². The number of aromatic amines is 1. The van der Waals surface area contributed by atoms with Gasteiger partial charge in [0.1, 0.15) is 0 Å². The van der Waals surface area contributed by atoms with Gasteiger partial charge in [-0.25, -0.2) is 0 Å². The van der Waals surface area contributed by atoms with Crippen molar-refractivity contribution in [1.29, 1.82) is 0 Å². The minimum Gasteiger partial charge on any atom is -0.266 e. The summed E-state index contributed by atoms with van der Waals surface area (Å²) in [6.45, 7) is 0.345. The number of H-pyrrole nitrogens is 1. The molecule has 1 aliphatic heterocycles. The van der Waals surface area contributed by atoms with E-state index in [0.717, 1.165) is 0 Å². The largest absolute Gasteiger partial charge is 0.281 e. The van der Waals surface area contributed by atoms with Crippen LogP contribution in [0.3, 0.4) is 0 Å². The first-order valence-corrected chi connectivity index (χ1v) is 6.23. The first kappa shape index (κ1) is 9.41. The third kappa shape index (κ3) is 1.16. The number of anilines is 1. The molecule has 1 aromatic carbocycles. The van der Waals surface area contributed by atoms with E-state index in [1.165, 1.54) is 4.31 Å². The van der Waals surface area contributed by atoms with E-state index in [0.29, 0.717) is 17.8 Å². The Labute approximate surface area is 92.8 Å². The van der Waals surface area contributed by atoms with Crippen LogP contribution in [-0.2, 0) is 16.6 Å². The van der Waals surface area contributed by atoms with Crippen LogP contribution in [0.4, 0.5) is 5.69 Å². The van der Waals surface area contributed by atoms with Gasteiger partial charge >= 0.3 is 0 Å². The summed E-state index contributed by atoms with van der Waals surface area (Å²) < 4.78 is 25.6. The maximum Gasteiger partial charge on any atom is 0.281 e. The zero-order valence-corrected chi connectivity index (χ0v) is 9.11. The van der Waals surface area contributed by atoms with E-state index < -0.39 is 10.0 Å². The van der Waals surface area contributed by atoms with Gasteiger partial charge in [0, 0.05) is 5.56 Å². The topological polar surface area (TPSA) is 66.1 Å². The minimum absolute atomic E-state index is 0.205. The number of hydrogen-bond donors (Lipinski definition) is 1. The second-order valence-corrected chi connectivity index (χ2v) is 5.37. The van der Waals surface area contributed by atoms with Gasteiger partial charge in [-0.05, 0) is 12.1 Å². The van der Waals surface area contributed by atoms with E-state index in [-0.39, 0.29) is 5.03 Å². The second-order valence-electron chi connectivity index (χ2n) is 3.57. The van der Waals surface area contributed by atoms with Crippen molar-refractivity contribution in [3.05, 3.63) is 42.1 Å². The third-order valence-corrected chi connectivity index (χ3v) is 4.37. The second kappa shape index (κ2) is 3.08. The highest BCUT2D eigenvalue weighted by Crippen LogP contribution is 2.32. The van der Waals surface area contributed by atoms with Crippen molar-refractivity contribution in [1.82, 2.24) is 10.2 Å². The van der Waals surface area contributed by atoms with Gasteiger partial charge in [0.25, 0.3) is 10.0 Å². The van der Waals surface area contributed by atoms with Crippen LogP contribution in [0, 0.1) is 0 Å². The molecule has 5 nitrogen and oxygen atoms in total. The van der Waals surface area contributed by atoms with Crippen LogP contribution in [0.25, 0.3) is 0 Å². The molecule has 0 amide bonds. The lowest BCUT2D eigenvalue weighted by Crippen LogP contribution is -2.24. The predicted octanol–water partition coefficient (Wildman–Crippen LogP) is 1.12. The van der Waals surface area contributed by atoms with E-state index in [1.807, 2.05) is 18.2 Å². The summed E-state index contributed by atoms with van der Waals surface area (Å²) in [4.78, 5) is 0. The Balaban J connectivity index is 2.13. The van der Waals surface area contributed by atoms with Gasteiger partial charge in [-0.15, -0.1) is 0 Å². The van der Waals surface area contributed by atoms with E-state index in [4.69, 9.17) is 0 Å². The number of hydrogen-bond acceptors (Lipinski definition) is 3. The Morgan fingerprint density at radius 2 is 2.00 bits per heavy atom. The van der Waals surface area contributed by atoms with Crippen molar-refractivity contribution in [2.24, 2.45) is 0 Å². The molecule has 0 spiro atoms. The molecule has 1 aromatic heterocycles. The van der Waals surface area contributed by atoms with Crippen molar-refractivity contribution in [2.75, 3.05) is 4.31 Å². The highest BCUT2D eigenvalue weighted by Gasteiger charge is 2.36. The van der Waals surface area contributed by atoms with Gasteiger partial charge in [-0.1, -0.05) is 18.2 Å². The first-order chi connectivity index (χ1) is 7.69. The molecule has 6 heteroatoms. The average Bonchev–Trinajstić information content (AvgIpc) is 2.83. The van der Waals surface area contributed by atoms with Crippen LogP contribution in [0.15, 0.2) is 41.6 Å². The Hall–Kier alpha value is -1.82. The molecule has 82 valence electrons. The van der Waals surface area contributed by atoms with E-state index in [2.05, 4.69) is 10.2 Å². The summed E-state index contributed by atoms with van der Waals surface area (Å²) in [6.07, 6.45) is 1.55. The lowest BCUT2D eigenvalue weighted by molar-refractivity contribution is 0.592. The number of benzene rings is 1. The first-order valence-electron chi connectivity index (χ1n) is 4.79. The fourth-order valence-electron chi connectivity index (χ4n) is 1.81. The molecule has 0 saturated carbocycles. The standard InChI is InChI=1S/C10H9N3O2S/c14-16(15)10-8(6-11-12-10)7-13(16)9-4-2-1-3-5-9/h1-6H,7H2,(H,11,12). The summed E-state index contributed by atoms with van der Waals surface area (Å²) in [5.41, 5.74) is 1.39. The van der Waals surface area contributed by atoms with E-state index in [1.54, 1.807) is 18.3 Å². The third-order valence-electron chi connectivity index (χ3n) is 2.58. The number of nitrogens with zero attached hydrogens (tertiary/aromatic N) is 2. The van der Waals surface area contributed by atoms with Crippen LogP contribution in [-0.4, -0.2) is 18.6 Å². The van der Waals surface area contributed by atoms with Crippen molar-refractivity contribution < 1.29 is 8.42 Å². The molecule has 1 N–H and O–H groups in total. The predicted molar refractivity (Wildman–Crippen MR) is 58.4 cm³/mol. The fourth-order valence-corrected chi connectivity index (χ4v) is 3.35. The molecule has 0 bridgehead atoms. The Bertz CT molecular complexity index is 619. The lowest BCUT2D eigenvalue weighted by atomic mass is 10.3. The van der Waals surface area contributed by atoms with Crippen molar-refractivity contribution in [3.63, 3.8) is 0 Å². The van der Waals surface area contributed by atoms with Crippen LogP contribution < -0.4 is 4.31 Å². The maximum absolute atomic E-state index is 12.1. The van der Waals surface area contributed by atoms with Crippen LogP contribution in [0.2, 0.25) is 0 Å². The monoisotopic (exact) mass is 235 g/mol. The quantitative estimate of drug-likeness (QED) is 0.805. The van der Waals surface area contributed by atoms with Crippen molar-refractivity contribution in [2.45, 2.75) is 11.6 Å². The molecule has 0 fully saturated rings. The zero-order valence-electron chi connectivity index (χ0n) is 8.29. The number of sulfonamides is 1. The summed E-state index contributed by atoms with van der Waals surface area (Å²) in [6, 6.07) is 9.03. The van der Waals surface area contributed by atoms with Crippen molar-refractivity contribution >= 4 is 15.7 Å². The molecule has 3 rings (SSSR count). The highest BCUT2D eigenvalue weighted by atomic mass is 32.2. The summed E-state index contributed by atoms with van der Waals surface area (Å²) in [7, 11) is -3.44. The lowest BCUT2D eigenvalue weighted by Gasteiger charge is -2.16.